The van der Waals surface area contributed by atoms with Gasteiger partial charge in [0.15, 0.2) is 0 Å². The highest BCUT2D eigenvalue weighted by molar-refractivity contribution is 7.98. The highest BCUT2D eigenvalue weighted by Crippen LogP contribution is 2.21. The number of rotatable bonds is 9. The molecule has 0 aliphatic rings. The third kappa shape index (κ3) is 6.54. The Bertz CT molecular complexity index is 566. The van der Waals surface area contributed by atoms with Crippen molar-refractivity contribution in [3.8, 4) is 0 Å². The standard InChI is InChI=1S/C17H24Cl2N2O2S/c1-4-12(5-2)20-17(23)15(8-9-24-3)21-16(22)13-7-6-11(18)10-14(13)19/h6-7,10,12,15H,4-5,8-9H2,1-3H3,(H,20,23)(H,21,22). The second-order valence-electron chi connectivity index (χ2n) is 5.45. The van der Waals surface area contributed by atoms with E-state index in [0.29, 0.717) is 17.0 Å². The van der Waals surface area contributed by atoms with E-state index in [1.807, 2.05) is 20.1 Å². The summed E-state index contributed by atoms with van der Waals surface area (Å²) < 4.78 is 0. The van der Waals surface area contributed by atoms with Crippen LogP contribution in [-0.2, 0) is 4.79 Å². The second-order valence-corrected chi connectivity index (χ2v) is 7.28. The van der Waals surface area contributed by atoms with E-state index in [9.17, 15) is 9.59 Å². The van der Waals surface area contributed by atoms with E-state index in [-0.39, 0.29) is 22.9 Å². The highest BCUT2D eigenvalue weighted by atomic mass is 35.5. The first-order chi connectivity index (χ1) is 11.4. The topological polar surface area (TPSA) is 58.2 Å². The van der Waals surface area contributed by atoms with E-state index >= 15 is 0 Å². The second kappa shape index (κ2) is 10.9. The molecule has 1 unspecified atom stereocenters. The summed E-state index contributed by atoms with van der Waals surface area (Å²) in [5, 5.41) is 6.51. The van der Waals surface area contributed by atoms with Crippen molar-refractivity contribution in [2.75, 3.05) is 12.0 Å². The Hall–Kier alpha value is -0.910. The van der Waals surface area contributed by atoms with Crippen LogP contribution in [0.25, 0.3) is 0 Å². The van der Waals surface area contributed by atoms with E-state index in [1.54, 1.807) is 23.9 Å². The molecule has 0 spiro atoms. The molecule has 2 amide bonds. The van der Waals surface area contributed by atoms with Crippen molar-refractivity contribution in [1.29, 1.82) is 0 Å². The van der Waals surface area contributed by atoms with Gasteiger partial charge >= 0.3 is 0 Å². The summed E-state index contributed by atoms with van der Waals surface area (Å²) in [6, 6.07) is 4.20. The molecule has 0 aromatic heterocycles. The van der Waals surface area contributed by atoms with Gasteiger partial charge in [-0.15, -0.1) is 0 Å². The summed E-state index contributed by atoms with van der Waals surface area (Å²) in [6.45, 7) is 4.05. The number of hydrogen-bond donors (Lipinski definition) is 2. The van der Waals surface area contributed by atoms with Crippen LogP contribution in [0.4, 0.5) is 0 Å². The minimum atomic E-state index is -0.586. The zero-order valence-electron chi connectivity index (χ0n) is 14.2. The number of hydrogen-bond acceptors (Lipinski definition) is 3. The van der Waals surface area contributed by atoms with Gasteiger partial charge in [-0.2, -0.15) is 11.8 Å². The molecular formula is C17H24Cl2N2O2S. The van der Waals surface area contributed by atoms with Crippen LogP contribution in [0.15, 0.2) is 18.2 Å². The number of nitrogens with one attached hydrogen (secondary N) is 2. The van der Waals surface area contributed by atoms with Crippen LogP contribution in [-0.4, -0.2) is 35.9 Å². The van der Waals surface area contributed by atoms with Gasteiger partial charge in [0, 0.05) is 11.1 Å². The van der Waals surface area contributed by atoms with Crippen molar-refractivity contribution < 1.29 is 9.59 Å². The summed E-state index contributed by atoms with van der Waals surface area (Å²) in [5.74, 6) is 0.244. The van der Waals surface area contributed by atoms with Crippen LogP contribution in [0, 0.1) is 0 Å². The van der Waals surface area contributed by atoms with Gasteiger partial charge in [0.1, 0.15) is 6.04 Å². The number of thioether (sulfide) groups is 1. The summed E-state index contributed by atoms with van der Waals surface area (Å²) in [5.41, 5.74) is 0.311. The molecule has 1 atom stereocenters. The molecule has 1 aromatic carbocycles. The molecular weight excluding hydrogens is 367 g/mol. The minimum Gasteiger partial charge on any atom is -0.352 e. The number of benzene rings is 1. The molecule has 0 fully saturated rings. The van der Waals surface area contributed by atoms with Gasteiger partial charge in [0.05, 0.1) is 10.6 Å². The number of halogens is 2. The van der Waals surface area contributed by atoms with Crippen LogP contribution >= 0.6 is 35.0 Å². The van der Waals surface area contributed by atoms with Crippen molar-refractivity contribution in [3.63, 3.8) is 0 Å². The zero-order chi connectivity index (χ0) is 18.1. The lowest BCUT2D eigenvalue weighted by atomic mass is 10.1. The van der Waals surface area contributed by atoms with Gasteiger partial charge in [-0.3, -0.25) is 9.59 Å². The molecule has 0 radical (unpaired) electrons. The average molecular weight is 391 g/mol. The first kappa shape index (κ1) is 21.1. The van der Waals surface area contributed by atoms with Crippen LogP contribution in [0.3, 0.4) is 0 Å². The lowest BCUT2D eigenvalue weighted by Gasteiger charge is -2.22. The maximum Gasteiger partial charge on any atom is 0.253 e. The van der Waals surface area contributed by atoms with Crippen molar-refractivity contribution >= 4 is 46.8 Å². The minimum absolute atomic E-state index is 0.116. The van der Waals surface area contributed by atoms with Crippen LogP contribution in [0.2, 0.25) is 10.0 Å². The molecule has 1 rings (SSSR count). The maximum atomic E-state index is 12.5. The first-order valence-electron chi connectivity index (χ1n) is 7.98. The van der Waals surface area contributed by atoms with E-state index in [1.165, 1.54) is 6.07 Å². The fraction of sp³-hybridized carbons (Fsp3) is 0.529. The zero-order valence-corrected chi connectivity index (χ0v) is 16.5. The predicted molar refractivity (Wildman–Crippen MR) is 103 cm³/mol. The summed E-state index contributed by atoms with van der Waals surface area (Å²) in [6.07, 6.45) is 4.24. The molecule has 0 aliphatic heterocycles. The molecule has 0 heterocycles. The number of carbonyl (C=O) groups excluding carboxylic acids is 2. The summed E-state index contributed by atoms with van der Waals surface area (Å²) in [7, 11) is 0. The first-order valence-corrected chi connectivity index (χ1v) is 10.1. The molecule has 134 valence electrons. The molecule has 4 nitrogen and oxygen atoms in total. The molecule has 2 N–H and O–H groups in total. The SMILES string of the molecule is CCC(CC)NC(=O)C(CCSC)NC(=O)c1ccc(Cl)cc1Cl. The van der Waals surface area contributed by atoms with Crippen molar-refractivity contribution in [1.82, 2.24) is 10.6 Å². The molecule has 0 saturated heterocycles. The molecule has 7 heteroatoms. The van der Waals surface area contributed by atoms with Crippen LogP contribution in [0.1, 0.15) is 43.5 Å². The molecule has 0 aliphatic carbocycles. The molecule has 0 saturated carbocycles. The average Bonchev–Trinajstić information content (AvgIpc) is 2.55. The van der Waals surface area contributed by atoms with E-state index in [2.05, 4.69) is 10.6 Å². The Morgan fingerprint density at radius 3 is 2.38 bits per heavy atom. The largest absolute Gasteiger partial charge is 0.352 e. The Balaban J connectivity index is 2.84. The molecule has 24 heavy (non-hydrogen) atoms. The third-order valence-electron chi connectivity index (χ3n) is 3.74. The lowest BCUT2D eigenvalue weighted by molar-refractivity contribution is -0.123. The van der Waals surface area contributed by atoms with E-state index in [4.69, 9.17) is 23.2 Å². The van der Waals surface area contributed by atoms with Gasteiger partial charge in [0.25, 0.3) is 5.91 Å². The Morgan fingerprint density at radius 1 is 1.17 bits per heavy atom. The van der Waals surface area contributed by atoms with Gasteiger partial charge < -0.3 is 10.6 Å². The van der Waals surface area contributed by atoms with Crippen LogP contribution < -0.4 is 10.6 Å². The van der Waals surface area contributed by atoms with Crippen molar-refractivity contribution in [2.45, 2.75) is 45.2 Å². The predicted octanol–water partition coefficient (Wildman–Crippen LogP) is 4.15. The quantitative estimate of drug-likeness (QED) is 0.665. The Kier molecular flexibility index (Phi) is 9.56. The normalized spacial score (nSPS) is 12.1. The summed E-state index contributed by atoms with van der Waals surface area (Å²) >= 11 is 13.6. The van der Waals surface area contributed by atoms with Gasteiger partial charge in [0.2, 0.25) is 5.91 Å². The van der Waals surface area contributed by atoms with E-state index in [0.717, 1.165) is 18.6 Å². The lowest BCUT2D eigenvalue weighted by Crippen LogP contribution is -2.49. The monoisotopic (exact) mass is 390 g/mol. The van der Waals surface area contributed by atoms with Crippen molar-refractivity contribution in [2.24, 2.45) is 0 Å². The maximum absolute atomic E-state index is 12.5. The van der Waals surface area contributed by atoms with Gasteiger partial charge in [-0.25, -0.2) is 0 Å². The number of carbonyl (C=O) groups is 2. The smallest absolute Gasteiger partial charge is 0.253 e. The fourth-order valence-electron chi connectivity index (χ4n) is 2.21. The molecule has 0 bridgehead atoms. The van der Waals surface area contributed by atoms with Crippen LogP contribution in [0.5, 0.6) is 0 Å². The highest BCUT2D eigenvalue weighted by Gasteiger charge is 2.23. The summed E-state index contributed by atoms with van der Waals surface area (Å²) in [4.78, 5) is 24.9. The van der Waals surface area contributed by atoms with Crippen molar-refractivity contribution in [3.05, 3.63) is 33.8 Å². The van der Waals surface area contributed by atoms with E-state index < -0.39 is 6.04 Å². The molecule has 1 aromatic rings. The number of amides is 2. The van der Waals surface area contributed by atoms with Gasteiger partial charge in [-0.05, 0) is 49.5 Å². The Morgan fingerprint density at radius 2 is 1.83 bits per heavy atom. The Labute approximate surface area is 158 Å². The fourth-order valence-corrected chi connectivity index (χ4v) is 3.17. The van der Waals surface area contributed by atoms with Gasteiger partial charge in [-0.1, -0.05) is 37.0 Å². The third-order valence-corrected chi connectivity index (χ3v) is 4.93.